The highest BCUT2D eigenvalue weighted by atomic mass is 32.2. The lowest BCUT2D eigenvalue weighted by atomic mass is 9.80. The molecule has 0 bridgehead atoms. The molecule has 90 valence electrons. The van der Waals surface area contributed by atoms with Gasteiger partial charge in [0.1, 0.15) is 0 Å². The molecule has 0 unspecified atom stereocenters. The average molecular weight is 256 g/mol. The van der Waals surface area contributed by atoms with Crippen LogP contribution in [-0.2, 0) is 11.3 Å². The van der Waals surface area contributed by atoms with Crippen molar-refractivity contribution in [2.24, 2.45) is 0 Å². The van der Waals surface area contributed by atoms with E-state index in [0.29, 0.717) is 6.61 Å². The largest absolute Gasteiger partial charge is 0.491 e. The van der Waals surface area contributed by atoms with Crippen LogP contribution in [-0.4, -0.2) is 12.1 Å². The maximum absolute atomic E-state index is 9.68. The molecule has 1 heterocycles. The van der Waals surface area contributed by atoms with Crippen molar-refractivity contribution in [3.63, 3.8) is 0 Å². The first-order chi connectivity index (χ1) is 8.74. The summed E-state index contributed by atoms with van der Waals surface area (Å²) in [6.45, 7) is 2.57. The van der Waals surface area contributed by atoms with Crippen LogP contribution in [0.25, 0.3) is 0 Å². The van der Waals surface area contributed by atoms with E-state index < -0.39 is 7.12 Å². The molecule has 0 amide bonds. The predicted molar refractivity (Wildman–Crippen MR) is 74.1 cm³/mol. The molecule has 0 radical (unpaired) electrons. The topological polar surface area (TPSA) is 29.5 Å². The maximum atomic E-state index is 9.68. The zero-order valence-electron chi connectivity index (χ0n) is 10.1. The van der Waals surface area contributed by atoms with E-state index in [1.54, 1.807) is 11.8 Å². The number of aryl methyl sites for hydroxylation is 1. The van der Waals surface area contributed by atoms with Crippen molar-refractivity contribution in [1.82, 2.24) is 0 Å². The van der Waals surface area contributed by atoms with Crippen molar-refractivity contribution < 1.29 is 9.68 Å². The fraction of sp³-hybridized carbons (Fsp3) is 0.143. The second-order valence-corrected chi connectivity index (χ2v) is 5.52. The summed E-state index contributed by atoms with van der Waals surface area (Å²) in [7, 11) is -0.765. The zero-order valence-corrected chi connectivity index (χ0v) is 10.9. The van der Waals surface area contributed by atoms with E-state index >= 15 is 0 Å². The molecule has 0 saturated heterocycles. The van der Waals surface area contributed by atoms with Gasteiger partial charge in [0.05, 0.1) is 6.61 Å². The summed E-state index contributed by atoms with van der Waals surface area (Å²) >= 11 is 1.71. The van der Waals surface area contributed by atoms with Gasteiger partial charge in [0.2, 0.25) is 0 Å². The van der Waals surface area contributed by atoms with Crippen molar-refractivity contribution in [3.8, 4) is 0 Å². The molecular weight excluding hydrogens is 243 g/mol. The highest BCUT2D eigenvalue weighted by molar-refractivity contribution is 7.99. The third kappa shape index (κ3) is 2.19. The maximum Gasteiger partial charge on any atom is 0.491 e. The molecule has 0 aliphatic carbocycles. The minimum absolute atomic E-state index is 0.492. The van der Waals surface area contributed by atoms with Gasteiger partial charge in [0, 0.05) is 9.79 Å². The molecule has 4 heteroatoms. The molecule has 2 aromatic rings. The number of benzene rings is 2. The van der Waals surface area contributed by atoms with Crippen LogP contribution in [0, 0.1) is 6.92 Å². The molecule has 2 nitrogen and oxygen atoms in total. The summed E-state index contributed by atoms with van der Waals surface area (Å²) in [5.74, 6) is 0. The molecule has 0 spiro atoms. The fourth-order valence-corrected chi connectivity index (χ4v) is 3.02. The summed E-state index contributed by atoms with van der Waals surface area (Å²) in [6, 6.07) is 14.4. The van der Waals surface area contributed by atoms with E-state index in [-0.39, 0.29) is 0 Å². The third-order valence-electron chi connectivity index (χ3n) is 3.07. The molecule has 1 aliphatic heterocycles. The van der Waals surface area contributed by atoms with E-state index in [0.717, 1.165) is 15.9 Å². The smallest absolute Gasteiger partial charge is 0.423 e. The van der Waals surface area contributed by atoms with Crippen LogP contribution in [0.15, 0.2) is 52.3 Å². The number of hydrogen-bond acceptors (Lipinski definition) is 3. The minimum atomic E-state index is -0.765. The molecule has 18 heavy (non-hydrogen) atoms. The molecule has 0 saturated carbocycles. The van der Waals surface area contributed by atoms with Crippen molar-refractivity contribution in [3.05, 3.63) is 53.6 Å². The van der Waals surface area contributed by atoms with Gasteiger partial charge in [-0.25, -0.2) is 0 Å². The van der Waals surface area contributed by atoms with Gasteiger partial charge in [-0.1, -0.05) is 41.6 Å². The Hall–Kier alpha value is -1.23. The summed E-state index contributed by atoms with van der Waals surface area (Å²) in [6.07, 6.45) is 0. The molecule has 0 fully saturated rings. The van der Waals surface area contributed by atoms with Crippen molar-refractivity contribution in [2.45, 2.75) is 23.3 Å². The molecule has 0 atom stereocenters. The van der Waals surface area contributed by atoms with E-state index in [2.05, 4.69) is 37.3 Å². The summed E-state index contributed by atoms with van der Waals surface area (Å²) in [5, 5.41) is 9.68. The van der Waals surface area contributed by atoms with E-state index in [4.69, 9.17) is 4.65 Å². The summed E-state index contributed by atoms with van der Waals surface area (Å²) < 4.78 is 5.26. The zero-order chi connectivity index (χ0) is 12.5. The Balaban J connectivity index is 1.92. The minimum Gasteiger partial charge on any atom is -0.423 e. The van der Waals surface area contributed by atoms with Crippen LogP contribution in [0.4, 0.5) is 0 Å². The number of hydrogen-bond donors (Lipinski definition) is 1. The van der Waals surface area contributed by atoms with Gasteiger partial charge >= 0.3 is 7.12 Å². The molecular formula is C14H13BO2S. The Labute approximate surface area is 111 Å². The molecule has 3 rings (SSSR count). The Morgan fingerprint density at radius 2 is 1.94 bits per heavy atom. The number of rotatable bonds is 2. The van der Waals surface area contributed by atoms with Crippen LogP contribution in [0.3, 0.4) is 0 Å². The van der Waals surface area contributed by atoms with Crippen LogP contribution in [0.2, 0.25) is 0 Å². The lowest BCUT2D eigenvalue weighted by Gasteiger charge is -2.07. The lowest BCUT2D eigenvalue weighted by Crippen LogP contribution is -2.27. The third-order valence-corrected chi connectivity index (χ3v) is 4.18. The predicted octanol–water partition coefficient (Wildman–Crippen LogP) is 2.36. The molecule has 2 aromatic carbocycles. The van der Waals surface area contributed by atoms with Gasteiger partial charge in [-0.05, 0) is 36.1 Å². The number of fused-ring (bicyclic) bond motifs is 1. The normalized spacial score (nSPS) is 13.8. The first-order valence-electron chi connectivity index (χ1n) is 5.90. The van der Waals surface area contributed by atoms with Crippen LogP contribution in [0.1, 0.15) is 11.1 Å². The Bertz CT molecular complexity index is 569. The lowest BCUT2D eigenvalue weighted by molar-refractivity contribution is 0.274. The van der Waals surface area contributed by atoms with E-state index in [1.165, 1.54) is 10.5 Å². The summed E-state index contributed by atoms with van der Waals surface area (Å²) in [4.78, 5) is 2.36. The summed E-state index contributed by atoms with van der Waals surface area (Å²) in [5.41, 5.74) is 3.26. The van der Waals surface area contributed by atoms with Gasteiger partial charge in [-0.2, -0.15) is 0 Å². The van der Waals surface area contributed by atoms with Gasteiger partial charge < -0.3 is 9.68 Å². The molecule has 0 aromatic heterocycles. The SMILES string of the molecule is Cc1ccc(Sc2cccc3c2COB3O)cc1. The van der Waals surface area contributed by atoms with E-state index in [1.807, 2.05) is 12.1 Å². The first-order valence-corrected chi connectivity index (χ1v) is 6.71. The second kappa shape index (κ2) is 4.80. The highest BCUT2D eigenvalue weighted by Crippen LogP contribution is 2.31. The van der Waals surface area contributed by atoms with Gasteiger partial charge in [0.25, 0.3) is 0 Å². The van der Waals surface area contributed by atoms with Gasteiger partial charge in [-0.15, -0.1) is 0 Å². The van der Waals surface area contributed by atoms with Crippen molar-refractivity contribution in [1.29, 1.82) is 0 Å². The molecule has 1 aliphatic rings. The Morgan fingerprint density at radius 3 is 2.72 bits per heavy atom. The standard InChI is InChI=1S/C14H13BO2S/c1-10-5-7-11(8-6-10)18-14-4-2-3-13-12(14)9-17-15(13)16/h2-8,16H,9H2,1H3. The monoisotopic (exact) mass is 256 g/mol. The fourth-order valence-electron chi connectivity index (χ4n) is 2.05. The van der Waals surface area contributed by atoms with Crippen molar-refractivity contribution >= 4 is 24.3 Å². The first kappa shape index (κ1) is 11.8. The van der Waals surface area contributed by atoms with Gasteiger partial charge in [-0.3, -0.25) is 0 Å². The molecule has 1 N–H and O–H groups in total. The Kier molecular flexibility index (Phi) is 3.16. The average Bonchev–Trinajstić information content (AvgIpc) is 2.76. The van der Waals surface area contributed by atoms with Crippen LogP contribution in [0.5, 0.6) is 0 Å². The quantitative estimate of drug-likeness (QED) is 0.836. The highest BCUT2D eigenvalue weighted by Gasteiger charge is 2.28. The second-order valence-electron chi connectivity index (χ2n) is 4.40. The van der Waals surface area contributed by atoms with Crippen LogP contribution >= 0.6 is 11.8 Å². The van der Waals surface area contributed by atoms with Crippen LogP contribution < -0.4 is 5.46 Å². The van der Waals surface area contributed by atoms with Gasteiger partial charge in [0.15, 0.2) is 0 Å². The van der Waals surface area contributed by atoms with Crippen molar-refractivity contribution in [2.75, 3.05) is 0 Å². The Morgan fingerprint density at radius 1 is 1.17 bits per heavy atom. The van der Waals surface area contributed by atoms with E-state index in [9.17, 15) is 5.02 Å².